The lowest BCUT2D eigenvalue weighted by Gasteiger charge is -2.19. The third kappa shape index (κ3) is 4.20. The van der Waals surface area contributed by atoms with E-state index in [4.69, 9.17) is 9.47 Å². The molecule has 0 radical (unpaired) electrons. The van der Waals surface area contributed by atoms with Gasteiger partial charge in [-0.25, -0.2) is 4.98 Å². The van der Waals surface area contributed by atoms with Gasteiger partial charge in [0.05, 0.1) is 18.9 Å². The summed E-state index contributed by atoms with van der Waals surface area (Å²) >= 11 is 0. The number of H-pyrrole nitrogens is 1. The summed E-state index contributed by atoms with van der Waals surface area (Å²) in [5.74, 6) is 0.856. The van der Waals surface area contributed by atoms with E-state index in [9.17, 15) is 4.79 Å². The lowest BCUT2D eigenvalue weighted by atomic mass is 10.0. The molecule has 138 valence electrons. The summed E-state index contributed by atoms with van der Waals surface area (Å²) in [5, 5.41) is 0. The van der Waals surface area contributed by atoms with Gasteiger partial charge in [-0.1, -0.05) is 24.3 Å². The molecule has 6 heteroatoms. The molecule has 1 N–H and O–H groups in total. The quantitative estimate of drug-likeness (QED) is 0.910. The van der Waals surface area contributed by atoms with Crippen LogP contribution in [0.25, 0.3) is 11.4 Å². The first kappa shape index (κ1) is 17.4. The van der Waals surface area contributed by atoms with Crippen molar-refractivity contribution < 1.29 is 9.47 Å². The Kier molecular flexibility index (Phi) is 5.43. The zero-order valence-electron chi connectivity index (χ0n) is 14.9. The van der Waals surface area contributed by atoms with Crippen LogP contribution in [-0.4, -0.2) is 54.4 Å². The van der Waals surface area contributed by atoms with Crippen LogP contribution in [0.1, 0.15) is 30.0 Å². The molecule has 0 amide bonds. The summed E-state index contributed by atoms with van der Waals surface area (Å²) in [6.45, 7) is 6.02. The number of nitrogens with one attached hydrogen (secondary N) is 1. The number of hydrogen-bond acceptors (Lipinski definition) is 5. The smallest absolute Gasteiger partial charge is 0.251 e. The van der Waals surface area contributed by atoms with E-state index in [2.05, 4.69) is 27.0 Å². The molecule has 26 heavy (non-hydrogen) atoms. The SMILES string of the molecule is O=c1cc([C@H]2CCOC2)nc(-c2ccc(CN3CCCOCC3)cc2)[nH]1. The van der Waals surface area contributed by atoms with Crippen molar-refractivity contribution in [2.45, 2.75) is 25.3 Å². The van der Waals surface area contributed by atoms with Crippen LogP contribution in [0.3, 0.4) is 0 Å². The van der Waals surface area contributed by atoms with Crippen molar-refractivity contribution in [2.75, 3.05) is 39.5 Å². The Morgan fingerprint density at radius 1 is 1.12 bits per heavy atom. The fraction of sp³-hybridized carbons (Fsp3) is 0.500. The average Bonchev–Trinajstić information content (AvgIpc) is 3.08. The number of nitrogens with zero attached hydrogens (tertiary/aromatic N) is 2. The Labute approximate surface area is 153 Å². The average molecular weight is 355 g/mol. The molecule has 4 rings (SSSR count). The van der Waals surface area contributed by atoms with Crippen molar-refractivity contribution in [1.29, 1.82) is 0 Å². The Hall–Kier alpha value is -2.02. The van der Waals surface area contributed by atoms with Crippen molar-refractivity contribution in [3.63, 3.8) is 0 Å². The summed E-state index contributed by atoms with van der Waals surface area (Å²) in [4.78, 5) is 22.0. The van der Waals surface area contributed by atoms with Gasteiger partial charge in [-0.05, 0) is 18.4 Å². The molecule has 3 heterocycles. The van der Waals surface area contributed by atoms with Gasteiger partial charge in [-0.15, -0.1) is 0 Å². The molecular weight excluding hydrogens is 330 g/mol. The van der Waals surface area contributed by atoms with E-state index >= 15 is 0 Å². The summed E-state index contributed by atoms with van der Waals surface area (Å²) in [7, 11) is 0. The molecular formula is C20H25N3O3. The maximum atomic E-state index is 12.0. The van der Waals surface area contributed by atoms with Crippen molar-refractivity contribution in [2.24, 2.45) is 0 Å². The van der Waals surface area contributed by atoms with E-state index in [1.165, 1.54) is 5.56 Å². The topological polar surface area (TPSA) is 67.4 Å². The third-order valence-corrected chi connectivity index (χ3v) is 5.06. The van der Waals surface area contributed by atoms with Crippen LogP contribution >= 0.6 is 0 Å². The summed E-state index contributed by atoms with van der Waals surface area (Å²) in [6.07, 6.45) is 2.01. The van der Waals surface area contributed by atoms with Crippen molar-refractivity contribution in [3.05, 3.63) is 51.9 Å². The van der Waals surface area contributed by atoms with E-state index in [1.54, 1.807) is 6.07 Å². The molecule has 1 atom stereocenters. The Balaban J connectivity index is 1.50. The van der Waals surface area contributed by atoms with Gasteiger partial charge in [0.1, 0.15) is 5.82 Å². The van der Waals surface area contributed by atoms with Gasteiger partial charge in [0.2, 0.25) is 0 Å². The molecule has 2 aromatic rings. The zero-order chi connectivity index (χ0) is 17.8. The van der Waals surface area contributed by atoms with Gasteiger partial charge in [0.15, 0.2) is 0 Å². The fourth-order valence-electron chi connectivity index (χ4n) is 3.57. The fourth-order valence-corrected chi connectivity index (χ4v) is 3.57. The molecule has 0 aliphatic carbocycles. The van der Waals surface area contributed by atoms with Crippen LogP contribution in [0, 0.1) is 0 Å². The first-order chi connectivity index (χ1) is 12.8. The molecule has 2 saturated heterocycles. The van der Waals surface area contributed by atoms with Crippen LogP contribution in [0.2, 0.25) is 0 Å². The molecule has 0 unspecified atom stereocenters. The maximum Gasteiger partial charge on any atom is 0.251 e. The molecule has 2 aliphatic heterocycles. The largest absolute Gasteiger partial charge is 0.381 e. The number of aromatic nitrogens is 2. The van der Waals surface area contributed by atoms with Crippen LogP contribution in [-0.2, 0) is 16.0 Å². The molecule has 0 spiro atoms. The van der Waals surface area contributed by atoms with E-state index in [0.29, 0.717) is 12.4 Å². The van der Waals surface area contributed by atoms with Gasteiger partial charge in [-0.3, -0.25) is 9.69 Å². The van der Waals surface area contributed by atoms with Gasteiger partial charge in [-0.2, -0.15) is 0 Å². The van der Waals surface area contributed by atoms with E-state index < -0.39 is 0 Å². The monoisotopic (exact) mass is 355 g/mol. The summed E-state index contributed by atoms with van der Waals surface area (Å²) in [6, 6.07) is 9.91. The Morgan fingerprint density at radius 2 is 2.00 bits per heavy atom. The van der Waals surface area contributed by atoms with E-state index in [-0.39, 0.29) is 11.5 Å². The van der Waals surface area contributed by atoms with Crippen molar-refractivity contribution in [3.8, 4) is 11.4 Å². The van der Waals surface area contributed by atoms with Gasteiger partial charge in [0, 0.05) is 50.4 Å². The highest BCUT2D eigenvalue weighted by Crippen LogP contribution is 2.24. The normalized spacial score (nSPS) is 21.6. The molecule has 2 aliphatic rings. The van der Waals surface area contributed by atoms with Crippen LogP contribution < -0.4 is 5.56 Å². The second-order valence-corrected chi connectivity index (χ2v) is 7.02. The summed E-state index contributed by atoms with van der Waals surface area (Å²) < 4.78 is 10.9. The van der Waals surface area contributed by atoms with Crippen molar-refractivity contribution in [1.82, 2.24) is 14.9 Å². The zero-order valence-corrected chi connectivity index (χ0v) is 14.9. The number of ether oxygens (including phenoxy) is 2. The Bertz CT molecular complexity index is 774. The lowest BCUT2D eigenvalue weighted by molar-refractivity contribution is 0.140. The summed E-state index contributed by atoms with van der Waals surface area (Å²) in [5.41, 5.74) is 2.92. The van der Waals surface area contributed by atoms with Crippen LogP contribution in [0.4, 0.5) is 0 Å². The van der Waals surface area contributed by atoms with Crippen molar-refractivity contribution >= 4 is 0 Å². The highest BCUT2D eigenvalue weighted by molar-refractivity contribution is 5.55. The highest BCUT2D eigenvalue weighted by atomic mass is 16.5. The minimum Gasteiger partial charge on any atom is -0.381 e. The predicted molar refractivity (Wildman–Crippen MR) is 99.2 cm³/mol. The molecule has 1 aromatic carbocycles. The number of aromatic amines is 1. The minimum atomic E-state index is -0.106. The molecule has 0 bridgehead atoms. The second-order valence-electron chi connectivity index (χ2n) is 7.02. The number of benzene rings is 1. The molecule has 0 saturated carbocycles. The molecule has 2 fully saturated rings. The minimum absolute atomic E-state index is 0.106. The lowest BCUT2D eigenvalue weighted by Crippen LogP contribution is -2.25. The van der Waals surface area contributed by atoms with E-state index in [1.807, 2.05) is 12.1 Å². The number of hydrogen-bond donors (Lipinski definition) is 1. The molecule has 6 nitrogen and oxygen atoms in total. The first-order valence-corrected chi connectivity index (χ1v) is 9.36. The third-order valence-electron chi connectivity index (χ3n) is 5.06. The van der Waals surface area contributed by atoms with Gasteiger partial charge in [0.25, 0.3) is 5.56 Å². The molecule has 1 aromatic heterocycles. The second kappa shape index (κ2) is 8.12. The Morgan fingerprint density at radius 3 is 2.81 bits per heavy atom. The number of rotatable bonds is 4. The van der Waals surface area contributed by atoms with Gasteiger partial charge >= 0.3 is 0 Å². The van der Waals surface area contributed by atoms with Gasteiger partial charge < -0.3 is 14.5 Å². The highest BCUT2D eigenvalue weighted by Gasteiger charge is 2.20. The van der Waals surface area contributed by atoms with Crippen LogP contribution in [0.15, 0.2) is 35.1 Å². The first-order valence-electron chi connectivity index (χ1n) is 9.36. The van der Waals surface area contributed by atoms with Crippen LogP contribution in [0.5, 0.6) is 0 Å². The maximum absolute atomic E-state index is 12.0. The van der Waals surface area contributed by atoms with E-state index in [0.717, 1.165) is 63.6 Å². The predicted octanol–water partition coefficient (Wildman–Crippen LogP) is 2.16. The standard InChI is InChI=1S/C20H25N3O3/c24-19-12-18(17-6-10-26-14-17)21-20(22-19)16-4-2-15(3-5-16)13-23-7-1-9-25-11-8-23/h2-5,12,17H,1,6-11,13-14H2,(H,21,22,24)/t17-/m0/s1.